The lowest BCUT2D eigenvalue weighted by molar-refractivity contribution is 0.340. The summed E-state index contributed by atoms with van der Waals surface area (Å²) in [7, 11) is -3.10. The fourth-order valence-electron chi connectivity index (χ4n) is 3.89. The fourth-order valence-corrected chi connectivity index (χ4v) is 5.79. The van der Waals surface area contributed by atoms with Crippen molar-refractivity contribution in [2.24, 2.45) is 11.8 Å². The molecule has 136 valence electrons. The van der Waals surface area contributed by atoms with E-state index in [2.05, 4.69) is 17.5 Å². The first-order chi connectivity index (χ1) is 12.6. The van der Waals surface area contributed by atoms with Crippen LogP contribution in [0.25, 0.3) is 0 Å². The first kappa shape index (κ1) is 17.2. The molecule has 0 aromatic heterocycles. The van der Waals surface area contributed by atoms with Gasteiger partial charge in [0.1, 0.15) is 12.4 Å². The van der Waals surface area contributed by atoms with E-state index in [0.717, 1.165) is 24.2 Å². The van der Waals surface area contributed by atoms with Gasteiger partial charge in [-0.1, -0.05) is 30.4 Å². The molecule has 1 saturated carbocycles. The number of rotatable bonds is 7. The summed E-state index contributed by atoms with van der Waals surface area (Å²) < 4.78 is 30.8. The van der Waals surface area contributed by atoms with Crippen LogP contribution >= 0.6 is 0 Å². The maximum atomic E-state index is 12.5. The van der Waals surface area contributed by atoms with Crippen molar-refractivity contribution in [1.29, 1.82) is 0 Å². The van der Waals surface area contributed by atoms with Gasteiger partial charge in [-0.2, -0.15) is 0 Å². The number of sulfone groups is 1. The Morgan fingerprint density at radius 3 is 2.31 bits per heavy atom. The number of hydrogen-bond acceptors (Lipinski definition) is 4. The molecule has 0 heterocycles. The number of hydrogen-bond donors (Lipinski definition) is 1. The van der Waals surface area contributed by atoms with Gasteiger partial charge in [-0.15, -0.1) is 0 Å². The van der Waals surface area contributed by atoms with Crippen LogP contribution in [0, 0.1) is 11.8 Å². The summed E-state index contributed by atoms with van der Waals surface area (Å²) in [6.07, 6.45) is 6.03. The molecule has 2 aliphatic carbocycles. The number of anilines is 2. The smallest absolute Gasteiger partial charge is 0.157 e. The molecule has 2 aromatic rings. The lowest BCUT2D eigenvalue weighted by Crippen LogP contribution is -2.30. The number of fused-ring (bicyclic) bond motifs is 2. The van der Waals surface area contributed by atoms with Crippen LogP contribution in [0.1, 0.15) is 12.8 Å². The number of allylic oxidation sites excluding steroid dienone is 2. The van der Waals surface area contributed by atoms with Crippen molar-refractivity contribution in [3.05, 3.63) is 66.7 Å². The van der Waals surface area contributed by atoms with E-state index in [-0.39, 0.29) is 23.5 Å². The predicted octanol–water partition coefficient (Wildman–Crippen LogP) is 4.19. The Labute approximate surface area is 154 Å². The molecule has 0 radical (unpaired) electrons. The number of benzene rings is 2. The van der Waals surface area contributed by atoms with Crippen LogP contribution in [0.2, 0.25) is 0 Å². The molecule has 5 heteroatoms. The topological polar surface area (TPSA) is 55.4 Å². The second-order valence-corrected chi connectivity index (χ2v) is 9.39. The van der Waals surface area contributed by atoms with Crippen molar-refractivity contribution in [3.63, 3.8) is 0 Å². The van der Waals surface area contributed by atoms with Crippen LogP contribution in [0.3, 0.4) is 0 Å². The van der Waals surface area contributed by atoms with Gasteiger partial charge in [-0.25, -0.2) is 8.42 Å². The zero-order chi connectivity index (χ0) is 18.0. The summed E-state index contributed by atoms with van der Waals surface area (Å²) in [5.74, 6) is 1.45. The third-order valence-electron chi connectivity index (χ3n) is 5.23. The predicted molar refractivity (Wildman–Crippen MR) is 105 cm³/mol. The van der Waals surface area contributed by atoms with E-state index in [0.29, 0.717) is 11.7 Å². The normalized spacial score (nSPS) is 23.9. The maximum absolute atomic E-state index is 12.5. The monoisotopic (exact) mass is 369 g/mol. The summed E-state index contributed by atoms with van der Waals surface area (Å²) in [6.45, 7) is 0.200. The Morgan fingerprint density at radius 1 is 0.923 bits per heavy atom. The molecule has 4 rings (SSSR count). The van der Waals surface area contributed by atoms with E-state index in [1.165, 1.54) is 0 Å². The summed E-state index contributed by atoms with van der Waals surface area (Å²) in [5.41, 5.74) is 1.98. The van der Waals surface area contributed by atoms with Gasteiger partial charge in [0.25, 0.3) is 0 Å². The van der Waals surface area contributed by atoms with E-state index < -0.39 is 9.84 Å². The molecule has 1 N–H and O–H groups in total. The van der Waals surface area contributed by atoms with Crippen LogP contribution in [0.5, 0.6) is 5.75 Å². The van der Waals surface area contributed by atoms with Crippen molar-refractivity contribution >= 4 is 21.2 Å². The second-order valence-electron chi connectivity index (χ2n) is 7.05. The van der Waals surface area contributed by atoms with E-state index in [4.69, 9.17) is 4.74 Å². The van der Waals surface area contributed by atoms with Crippen LogP contribution in [-0.4, -0.2) is 26.0 Å². The number of para-hydroxylation sites is 1. The highest BCUT2D eigenvalue weighted by atomic mass is 32.2. The summed E-state index contributed by atoms with van der Waals surface area (Å²) in [5, 5.41) is 3.10. The van der Waals surface area contributed by atoms with Gasteiger partial charge >= 0.3 is 0 Å². The van der Waals surface area contributed by atoms with Gasteiger partial charge in [0.2, 0.25) is 0 Å². The number of nitrogens with one attached hydrogen (secondary N) is 1. The average molecular weight is 369 g/mol. The molecule has 1 fully saturated rings. The molecule has 4 nitrogen and oxygen atoms in total. The average Bonchev–Trinajstić information content (AvgIpc) is 3.28. The second kappa shape index (κ2) is 7.16. The fraction of sp³-hybridized carbons (Fsp3) is 0.333. The molecular weight excluding hydrogens is 346 g/mol. The first-order valence-electron chi connectivity index (χ1n) is 9.05. The van der Waals surface area contributed by atoms with Crippen LogP contribution < -0.4 is 10.1 Å². The molecule has 2 bridgehead atoms. The third-order valence-corrected chi connectivity index (χ3v) is 7.43. The quantitative estimate of drug-likeness (QED) is 0.744. The van der Waals surface area contributed by atoms with Crippen LogP contribution in [0.15, 0.2) is 66.7 Å². The minimum atomic E-state index is -3.10. The van der Waals surface area contributed by atoms with Crippen molar-refractivity contribution in [3.8, 4) is 5.75 Å². The highest BCUT2D eigenvalue weighted by molar-refractivity contribution is 7.92. The summed E-state index contributed by atoms with van der Waals surface area (Å²) >= 11 is 0. The Morgan fingerprint density at radius 2 is 1.65 bits per heavy atom. The Balaban J connectivity index is 1.29. The van der Waals surface area contributed by atoms with Gasteiger partial charge in [-0.05, 0) is 61.1 Å². The first-order valence-corrected chi connectivity index (χ1v) is 10.8. The maximum Gasteiger partial charge on any atom is 0.157 e. The number of ether oxygens (including phenoxy) is 1. The molecular formula is C21H23NO3S. The molecule has 2 aromatic carbocycles. The zero-order valence-electron chi connectivity index (χ0n) is 14.5. The third kappa shape index (κ3) is 3.78. The van der Waals surface area contributed by atoms with Gasteiger partial charge < -0.3 is 10.1 Å². The van der Waals surface area contributed by atoms with Crippen molar-refractivity contribution in [2.75, 3.05) is 17.7 Å². The van der Waals surface area contributed by atoms with Crippen LogP contribution in [0.4, 0.5) is 11.4 Å². The van der Waals surface area contributed by atoms with E-state index in [9.17, 15) is 8.42 Å². The standard InChI is InChI=1S/C21H23NO3S/c23-26(24,21-15-16-6-7-17(21)14-16)13-12-25-20-10-8-19(9-11-20)22-18-4-2-1-3-5-18/h1-11,16-17,21-22H,12-15H2. The Hall–Kier alpha value is -2.27. The van der Waals surface area contributed by atoms with Gasteiger partial charge in [0, 0.05) is 11.4 Å². The lowest BCUT2D eigenvalue weighted by atomic mass is 10.1. The van der Waals surface area contributed by atoms with Crippen molar-refractivity contribution < 1.29 is 13.2 Å². The molecule has 0 amide bonds. The van der Waals surface area contributed by atoms with Gasteiger partial charge in [-0.3, -0.25) is 0 Å². The largest absolute Gasteiger partial charge is 0.493 e. The minimum Gasteiger partial charge on any atom is -0.493 e. The Kier molecular flexibility index (Phi) is 4.72. The van der Waals surface area contributed by atoms with Gasteiger partial charge in [0.15, 0.2) is 9.84 Å². The van der Waals surface area contributed by atoms with Crippen LogP contribution in [-0.2, 0) is 9.84 Å². The molecule has 3 unspecified atom stereocenters. The molecule has 2 aliphatic rings. The highest BCUT2D eigenvalue weighted by Gasteiger charge is 2.42. The molecule has 0 aliphatic heterocycles. The lowest BCUT2D eigenvalue weighted by Gasteiger charge is -2.18. The SMILES string of the molecule is O=S(=O)(CCOc1ccc(Nc2ccccc2)cc1)C1CC2C=CC1C2. The molecule has 3 atom stereocenters. The molecule has 0 saturated heterocycles. The van der Waals surface area contributed by atoms with E-state index in [1.807, 2.05) is 54.6 Å². The van der Waals surface area contributed by atoms with E-state index in [1.54, 1.807) is 0 Å². The molecule has 26 heavy (non-hydrogen) atoms. The highest BCUT2D eigenvalue weighted by Crippen LogP contribution is 2.42. The van der Waals surface area contributed by atoms with Crippen molar-refractivity contribution in [1.82, 2.24) is 0 Å². The van der Waals surface area contributed by atoms with Crippen molar-refractivity contribution in [2.45, 2.75) is 18.1 Å². The molecule has 0 spiro atoms. The zero-order valence-corrected chi connectivity index (χ0v) is 15.4. The van der Waals surface area contributed by atoms with E-state index >= 15 is 0 Å². The summed E-state index contributed by atoms with van der Waals surface area (Å²) in [4.78, 5) is 0. The Bertz CT molecular complexity index is 875. The van der Waals surface area contributed by atoms with Gasteiger partial charge in [0.05, 0.1) is 11.0 Å². The summed E-state index contributed by atoms with van der Waals surface area (Å²) in [6, 6.07) is 17.5. The minimum absolute atomic E-state index is 0.0821.